The Morgan fingerprint density at radius 3 is 1.87 bits per heavy atom. The summed E-state index contributed by atoms with van der Waals surface area (Å²) in [7, 11) is -3.66. The van der Waals surface area contributed by atoms with Crippen LogP contribution in [-0.2, 0) is 10.1 Å². The van der Waals surface area contributed by atoms with Gasteiger partial charge in [0.05, 0.1) is 11.9 Å². The molecule has 0 aliphatic heterocycles. The van der Waals surface area contributed by atoms with E-state index in [4.69, 9.17) is 15.4 Å². The summed E-state index contributed by atoms with van der Waals surface area (Å²) < 4.78 is 26.9. The van der Waals surface area contributed by atoms with Gasteiger partial charge in [0, 0.05) is 6.04 Å². The van der Waals surface area contributed by atoms with Gasteiger partial charge in [-0.1, -0.05) is 0 Å². The van der Waals surface area contributed by atoms with Gasteiger partial charge in [-0.25, -0.2) is 0 Å². The second kappa shape index (κ2) is 9.08. The van der Waals surface area contributed by atoms with E-state index in [1.54, 1.807) is 6.92 Å². The molecule has 0 saturated carbocycles. The van der Waals surface area contributed by atoms with Gasteiger partial charge in [0.1, 0.15) is 0 Å². The molecule has 5 nitrogen and oxygen atoms in total. The molecule has 0 aromatic heterocycles. The molecular formula is C9H23NO4S. The van der Waals surface area contributed by atoms with Crippen LogP contribution in [0.5, 0.6) is 0 Å². The molecule has 0 amide bonds. The lowest BCUT2D eigenvalue weighted by Gasteiger charge is -2.05. The van der Waals surface area contributed by atoms with Gasteiger partial charge in [0.25, 0.3) is 10.1 Å². The second-order valence-electron chi connectivity index (χ2n) is 3.63. The molecule has 94 valence electrons. The van der Waals surface area contributed by atoms with Crippen LogP contribution in [0.15, 0.2) is 0 Å². The Bertz CT molecular complexity index is 216. The summed E-state index contributed by atoms with van der Waals surface area (Å²) in [6, 6.07) is 0.281. The number of hydrogen-bond donors (Lipinski definition) is 3. The van der Waals surface area contributed by atoms with Gasteiger partial charge in [0.2, 0.25) is 0 Å². The Morgan fingerprint density at radius 1 is 1.27 bits per heavy atom. The molecule has 0 aromatic carbocycles. The Kier molecular flexibility index (Phi) is 10.4. The van der Waals surface area contributed by atoms with E-state index < -0.39 is 10.1 Å². The van der Waals surface area contributed by atoms with Gasteiger partial charge in [-0.3, -0.25) is 4.55 Å². The van der Waals surface area contributed by atoms with Crippen molar-refractivity contribution in [2.75, 3.05) is 5.75 Å². The van der Waals surface area contributed by atoms with E-state index in [1.807, 2.05) is 6.92 Å². The minimum Gasteiger partial charge on any atom is -0.393 e. The van der Waals surface area contributed by atoms with Crippen molar-refractivity contribution in [3.63, 3.8) is 0 Å². The van der Waals surface area contributed by atoms with E-state index in [2.05, 4.69) is 0 Å². The van der Waals surface area contributed by atoms with Crippen molar-refractivity contribution >= 4 is 10.1 Å². The molecule has 0 heterocycles. The van der Waals surface area contributed by atoms with E-state index in [0.29, 0.717) is 0 Å². The number of aliphatic hydroxyl groups excluding tert-OH is 1. The summed E-state index contributed by atoms with van der Waals surface area (Å²) in [4.78, 5) is 0. The molecule has 0 aliphatic carbocycles. The smallest absolute Gasteiger partial charge is 0.264 e. The summed E-state index contributed by atoms with van der Waals surface area (Å²) in [6.45, 7) is 5.17. The van der Waals surface area contributed by atoms with Gasteiger partial charge in [-0.2, -0.15) is 8.42 Å². The van der Waals surface area contributed by atoms with Crippen LogP contribution in [0.4, 0.5) is 0 Å². The first-order valence-corrected chi connectivity index (χ1v) is 6.68. The summed E-state index contributed by atoms with van der Waals surface area (Å²) in [5.41, 5.74) is 5.50. The van der Waals surface area contributed by atoms with Crippen LogP contribution in [0.3, 0.4) is 0 Å². The fourth-order valence-electron chi connectivity index (χ4n) is 0.735. The predicted octanol–water partition coefficient (Wildman–Crippen LogP) is 0.779. The predicted molar refractivity (Wildman–Crippen MR) is 61.3 cm³/mol. The van der Waals surface area contributed by atoms with E-state index in [0.717, 1.165) is 19.3 Å². The third-order valence-electron chi connectivity index (χ3n) is 1.65. The number of nitrogens with two attached hydrogens (primary N) is 1. The molecule has 0 saturated heterocycles. The SMILES string of the molecule is CC(N)CCCC(C)O.CCS(=O)(=O)O. The maximum Gasteiger partial charge on any atom is 0.264 e. The van der Waals surface area contributed by atoms with Crippen LogP contribution in [0.25, 0.3) is 0 Å². The first kappa shape index (κ1) is 17.2. The highest BCUT2D eigenvalue weighted by molar-refractivity contribution is 7.85. The van der Waals surface area contributed by atoms with Crippen molar-refractivity contribution in [2.24, 2.45) is 5.73 Å². The van der Waals surface area contributed by atoms with Gasteiger partial charge < -0.3 is 10.8 Å². The van der Waals surface area contributed by atoms with Crippen LogP contribution >= 0.6 is 0 Å². The fraction of sp³-hybridized carbons (Fsp3) is 1.00. The molecule has 0 rings (SSSR count). The highest BCUT2D eigenvalue weighted by Gasteiger charge is 1.97. The van der Waals surface area contributed by atoms with Crippen LogP contribution in [0, 0.1) is 0 Å². The van der Waals surface area contributed by atoms with Crippen LogP contribution in [0.2, 0.25) is 0 Å². The standard InChI is InChI=1S/C7H17NO.C2H6O3S/c1-6(8)4-3-5-7(2)9;1-2-6(3,4)5/h6-7,9H,3-5,8H2,1-2H3;2H2,1H3,(H,3,4,5). The fourth-order valence-corrected chi connectivity index (χ4v) is 0.735. The van der Waals surface area contributed by atoms with Crippen molar-refractivity contribution in [1.29, 1.82) is 0 Å². The maximum atomic E-state index is 9.56. The molecule has 0 radical (unpaired) electrons. The number of hydrogen-bond acceptors (Lipinski definition) is 4. The van der Waals surface area contributed by atoms with Crippen molar-refractivity contribution in [3.8, 4) is 0 Å². The molecule has 6 heteroatoms. The van der Waals surface area contributed by atoms with Crippen molar-refractivity contribution in [3.05, 3.63) is 0 Å². The molecule has 0 bridgehead atoms. The van der Waals surface area contributed by atoms with E-state index >= 15 is 0 Å². The first-order chi connectivity index (χ1) is 6.69. The van der Waals surface area contributed by atoms with E-state index in [1.165, 1.54) is 6.92 Å². The van der Waals surface area contributed by atoms with Gasteiger partial charge in [0.15, 0.2) is 0 Å². The topological polar surface area (TPSA) is 101 Å². The van der Waals surface area contributed by atoms with Crippen LogP contribution < -0.4 is 5.73 Å². The van der Waals surface area contributed by atoms with Gasteiger partial charge in [-0.05, 0) is 40.0 Å². The Balaban J connectivity index is 0. The molecule has 2 unspecified atom stereocenters. The lowest BCUT2D eigenvalue weighted by molar-refractivity contribution is 0.180. The normalized spacial score (nSPS) is 15.1. The zero-order chi connectivity index (χ0) is 12.5. The van der Waals surface area contributed by atoms with Crippen LogP contribution in [-0.4, -0.2) is 36.0 Å². The highest BCUT2D eigenvalue weighted by Crippen LogP contribution is 2.01. The molecule has 0 aromatic rings. The van der Waals surface area contributed by atoms with Gasteiger partial charge >= 0.3 is 0 Å². The molecule has 0 aliphatic rings. The summed E-state index contributed by atoms with van der Waals surface area (Å²) in [6.07, 6.45) is 2.77. The first-order valence-electron chi connectivity index (χ1n) is 5.07. The average Bonchev–Trinajstić information content (AvgIpc) is 2.02. The third-order valence-corrected chi connectivity index (χ3v) is 2.38. The molecule has 0 fully saturated rings. The Labute approximate surface area is 92.4 Å². The average molecular weight is 241 g/mol. The number of rotatable bonds is 5. The van der Waals surface area contributed by atoms with E-state index in [-0.39, 0.29) is 17.9 Å². The lowest BCUT2D eigenvalue weighted by atomic mass is 10.1. The molecular weight excluding hydrogens is 218 g/mol. The monoisotopic (exact) mass is 241 g/mol. The summed E-state index contributed by atoms with van der Waals surface area (Å²) >= 11 is 0. The molecule has 2 atom stereocenters. The number of aliphatic hydroxyl groups is 1. The quantitative estimate of drug-likeness (QED) is 0.617. The largest absolute Gasteiger partial charge is 0.393 e. The summed E-state index contributed by atoms with van der Waals surface area (Å²) in [5.74, 6) is -0.201. The third kappa shape index (κ3) is 24.8. The van der Waals surface area contributed by atoms with Gasteiger partial charge in [-0.15, -0.1) is 0 Å². The van der Waals surface area contributed by atoms with Crippen molar-refractivity contribution in [1.82, 2.24) is 0 Å². The Hall–Kier alpha value is -0.170. The van der Waals surface area contributed by atoms with Crippen LogP contribution in [0.1, 0.15) is 40.0 Å². The molecule has 4 N–H and O–H groups in total. The summed E-state index contributed by atoms with van der Waals surface area (Å²) in [5, 5.41) is 8.82. The zero-order valence-corrected chi connectivity index (χ0v) is 10.5. The van der Waals surface area contributed by atoms with Crippen molar-refractivity contribution in [2.45, 2.75) is 52.2 Å². The molecule has 0 spiro atoms. The maximum absolute atomic E-state index is 9.56. The minimum atomic E-state index is -3.66. The zero-order valence-electron chi connectivity index (χ0n) is 9.68. The highest BCUT2D eigenvalue weighted by atomic mass is 32.2. The Morgan fingerprint density at radius 2 is 1.67 bits per heavy atom. The van der Waals surface area contributed by atoms with E-state index in [9.17, 15) is 8.42 Å². The second-order valence-corrected chi connectivity index (χ2v) is 5.37. The molecule has 15 heavy (non-hydrogen) atoms. The minimum absolute atomic E-state index is 0.163. The lowest BCUT2D eigenvalue weighted by Crippen LogP contribution is -2.15. The van der Waals surface area contributed by atoms with Crippen molar-refractivity contribution < 1.29 is 18.1 Å².